The van der Waals surface area contributed by atoms with Crippen LogP contribution in [0.25, 0.3) is 22.1 Å². The van der Waals surface area contributed by atoms with E-state index in [9.17, 15) is 4.79 Å². The summed E-state index contributed by atoms with van der Waals surface area (Å²) in [5.41, 5.74) is 3.96. The van der Waals surface area contributed by atoms with Crippen LogP contribution < -0.4 is 14.9 Å². The van der Waals surface area contributed by atoms with E-state index in [4.69, 9.17) is 13.9 Å². The Morgan fingerprint density at radius 3 is 2.37 bits per heavy atom. The van der Waals surface area contributed by atoms with E-state index in [2.05, 4.69) is 6.92 Å². The topological polar surface area (TPSA) is 48.7 Å². The maximum absolute atomic E-state index is 13.3. The molecule has 0 N–H and O–H groups in total. The van der Waals surface area contributed by atoms with Crippen molar-refractivity contribution in [1.82, 2.24) is 0 Å². The van der Waals surface area contributed by atoms with E-state index in [1.54, 1.807) is 7.11 Å². The van der Waals surface area contributed by atoms with Crippen LogP contribution in [0.5, 0.6) is 11.5 Å². The molecule has 152 valence electrons. The summed E-state index contributed by atoms with van der Waals surface area (Å²) in [6, 6.07) is 21.2. The van der Waals surface area contributed by atoms with Crippen LogP contribution in [0.4, 0.5) is 0 Å². The number of aryl methyl sites for hydroxylation is 2. The molecule has 0 fully saturated rings. The fourth-order valence-corrected chi connectivity index (χ4v) is 3.62. The van der Waals surface area contributed by atoms with E-state index < -0.39 is 0 Å². The van der Waals surface area contributed by atoms with Crippen molar-refractivity contribution in [3.8, 4) is 22.6 Å². The molecule has 4 heteroatoms. The largest absolute Gasteiger partial charge is 0.497 e. The zero-order valence-electron chi connectivity index (χ0n) is 17.4. The molecule has 1 heterocycles. The first-order valence-electron chi connectivity index (χ1n) is 10.0. The maximum atomic E-state index is 13.3. The third kappa shape index (κ3) is 3.81. The highest BCUT2D eigenvalue weighted by molar-refractivity contribution is 5.85. The lowest BCUT2D eigenvalue weighted by molar-refractivity contribution is 0.303. The molecule has 0 aliphatic rings. The van der Waals surface area contributed by atoms with Crippen molar-refractivity contribution in [2.45, 2.75) is 26.9 Å². The van der Waals surface area contributed by atoms with Crippen molar-refractivity contribution < 1.29 is 13.9 Å². The summed E-state index contributed by atoms with van der Waals surface area (Å²) >= 11 is 0. The number of hydrogen-bond acceptors (Lipinski definition) is 4. The van der Waals surface area contributed by atoms with Gasteiger partial charge in [-0.05, 0) is 48.2 Å². The SMILES string of the molecule is CCc1cc2c(=O)c(-c3ccc(OC)cc3)c(C)oc2cc1OCc1ccccc1. The summed E-state index contributed by atoms with van der Waals surface area (Å²) < 4.78 is 17.4. The lowest BCUT2D eigenvalue weighted by Gasteiger charge is -2.13. The highest BCUT2D eigenvalue weighted by atomic mass is 16.5. The number of hydrogen-bond donors (Lipinski definition) is 0. The Kier molecular flexibility index (Phi) is 5.57. The predicted molar refractivity (Wildman–Crippen MR) is 119 cm³/mol. The third-order valence-electron chi connectivity index (χ3n) is 5.25. The van der Waals surface area contributed by atoms with E-state index in [0.717, 1.165) is 34.6 Å². The fourth-order valence-electron chi connectivity index (χ4n) is 3.62. The van der Waals surface area contributed by atoms with Crippen molar-refractivity contribution in [2.24, 2.45) is 0 Å². The molecule has 3 aromatic carbocycles. The fraction of sp³-hybridized carbons (Fsp3) is 0.192. The van der Waals surface area contributed by atoms with Crippen LogP contribution in [0, 0.1) is 6.92 Å². The average molecular weight is 400 g/mol. The van der Waals surface area contributed by atoms with Crippen molar-refractivity contribution in [3.05, 3.63) is 93.8 Å². The van der Waals surface area contributed by atoms with Gasteiger partial charge in [-0.25, -0.2) is 0 Å². The summed E-state index contributed by atoms with van der Waals surface area (Å²) in [5, 5.41) is 0.565. The van der Waals surface area contributed by atoms with Crippen LogP contribution in [0.15, 0.2) is 75.9 Å². The van der Waals surface area contributed by atoms with Gasteiger partial charge in [0, 0.05) is 6.07 Å². The molecule has 0 aliphatic heterocycles. The standard InChI is InChI=1S/C26H24O4/c1-4-19-14-22-24(15-23(19)29-16-18-8-6-5-7-9-18)30-17(2)25(26(22)27)20-10-12-21(28-3)13-11-20/h5-15H,4,16H2,1-3H3. The minimum Gasteiger partial charge on any atom is -0.497 e. The van der Waals surface area contributed by atoms with Gasteiger partial charge < -0.3 is 13.9 Å². The molecule has 0 saturated carbocycles. The average Bonchev–Trinajstić information content (AvgIpc) is 2.78. The molecule has 30 heavy (non-hydrogen) atoms. The first-order valence-corrected chi connectivity index (χ1v) is 10.0. The van der Waals surface area contributed by atoms with Crippen LogP contribution >= 0.6 is 0 Å². The number of methoxy groups -OCH3 is 1. The van der Waals surface area contributed by atoms with E-state index in [1.807, 2.05) is 73.7 Å². The number of benzene rings is 3. The first kappa shape index (κ1) is 19.8. The zero-order valence-corrected chi connectivity index (χ0v) is 17.4. The second-order valence-corrected chi connectivity index (χ2v) is 7.17. The van der Waals surface area contributed by atoms with Gasteiger partial charge in [-0.3, -0.25) is 4.79 Å². The van der Waals surface area contributed by atoms with Gasteiger partial charge in [0.1, 0.15) is 29.4 Å². The molecule has 0 aliphatic carbocycles. The minimum atomic E-state index is -0.0387. The molecule has 0 bridgehead atoms. The number of ether oxygens (including phenoxy) is 2. The Morgan fingerprint density at radius 1 is 0.967 bits per heavy atom. The van der Waals surface area contributed by atoms with E-state index in [1.165, 1.54) is 0 Å². The Morgan fingerprint density at radius 2 is 1.70 bits per heavy atom. The normalized spacial score (nSPS) is 10.9. The van der Waals surface area contributed by atoms with Crippen LogP contribution in [0.3, 0.4) is 0 Å². The first-order chi connectivity index (χ1) is 14.6. The maximum Gasteiger partial charge on any atom is 0.200 e. The van der Waals surface area contributed by atoms with Crippen LogP contribution in [-0.4, -0.2) is 7.11 Å². The summed E-state index contributed by atoms with van der Waals surface area (Å²) in [5.74, 6) is 2.07. The number of rotatable bonds is 6. The monoisotopic (exact) mass is 400 g/mol. The van der Waals surface area contributed by atoms with Gasteiger partial charge >= 0.3 is 0 Å². The van der Waals surface area contributed by atoms with Crippen molar-refractivity contribution in [3.63, 3.8) is 0 Å². The van der Waals surface area contributed by atoms with Gasteiger partial charge in [0.25, 0.3) is 0 Å². The quantitative estimate of drug-likeness (QED) is 0.403. The van der Waals surface area contributed by atoms with Gasteiger partial charge in [0.15, 0.2) is 0 Å². The van der Waals surface area contributed by atoms with Gasteiger partial charge in [-0.15, -0.1) is 0 Å². The third-order valence-corrected chi connectivity index (χ3v) is 5.25. The van der Waals surface area contributed by atoms with E-state index >= 15 is 0 Å². The minimum absolute atomic E-state index is 0.0387. The van der Waals surface area contributed by atoms with Crippen LogP contribution in [-0.2, 0) is 13.0 Å². The van der Waals surface area contributed by atoms with Gasteiger partial charge in [0.05, 0.1) is 18.1 Å². The molecular formula is C26H24O4. The summed E-state index contributed by atoms with van der Waals surface area (Å²) in [6.45, 7) is 4.34. The molecule has 0 radical (unpaired) electrons. The molecule has 1 aromatic heterocycles. The molecule has 0 spiro atoms. The Balaban J connectivity index is 1.77. The molecule has 0 atom stereocenters. The van der Waals surface area contributed by atoms with Crippen LogP contribution in [0.1, 0.15) is 23.8 Å². The molecule has 4 nitrogen and oxygen atoms in total. The van der Waals surface area contributed by atoms with Crippen LogP contribution in [0.2, 0.25) is 0 Å². The zero-order chi connectivity index (χ0) is 21.1. The second kappa shape index (κ2) is 8.46. The second-order valence-electron chi connectivity index (χ2n) is 7.17. The summed E-state index contributed by atoms with van der Waals surface area (Å²) in [7, 11) is 1.62. The smallest absolute Gasteiger partial charge is 0.200 e. The predicted octanol–water partition coefficient (Wildman–Crippen LogP) is 5.92. The van der Waals surface area contributed by atoms with Gasteiger partial charge in [-0.2, -0.15) is 0 Å². The molecule has 0 unspecified atom stereocenters. The Labute approximate surface area is 175 Å². The molecule has 0 saturated heterocycles. The molecular weight excluding hydrogens is 376 g/mol. The molecule has 4 rings (SSSR count). The van der Waals surface area contributed by atoms with Gasteiger partial charge in [-0.1, -0.05) is 49.4 Å². The van der Waals surface area contributed by atoms with Gasteiger partial charge in [0.2, 0.25) is 5.43 Å². The highest BCUT2D eigenvalue weighted by Gasteiger charge is 2.16. The molecule has 0 amide bonds. The van der Waals surface area contributed by atoms with Crippen molar-refractivity contribution >= 4 is 11.0 Å². The summed E-state index contributed by atoms with van der Waals surface area (Å²) in [6.07, 6.45) is 0.755. The number of fused-ring (bicyclic) bond motifs is 1. The lowest BCUT2D eigenvalue weighted by Crippen LogP contribution is -2.09. The van der Waals surface area contributed by atoms with Crippen molar-refractivity contribution in [1.29, 1.82) is 0 Å². The van der Waals surface area contributed by atoms with Crippen molar-refractivity contribution in [2.75, 3.05) is 7.11 Å². The summed E-state index contributed by atoms with van der Waals surface area (Å²) in [4.78, 5) is 13.3. The van der Waals surface area contributed by atoms with E-state index in [-0.39, 0.29) is 5.43 Å². The van der Waals surface area contributed by atoms with E-state index in [0.29, 0.717) is 28.9 Å². The Hall–Kier alpha value is -3.53. The lowest BCUT2D eigenvalue weighted by atomic mass is 10.0. The molecule has 4 aromatic rings. The Bertz CT molecular complexity index is 1220. The highest BCUT2D eigenvalue weighted by Crippen LogP contribution is 2.30.